The third-order valence-electron chi connectivity index (χ3n) is 1.80. The fraction of sp³-hybridized carbons (Fsp3) is 1.00. The van der Waals surface area contributed by atoms with Crippen molar-refractivity contribution in [1.29, 1.82) is 0 Å². The lowest BCUT2D eigenvalue weighted by Crippen LogP contribution is -2.36. The summed E-state index contributed by atoms with van der Waals surface area (Å²) < 4.78 is 20.2. The summed E-state index contributed by atoms with van der Waals surface area (Å²) in [6.07, 6.45) is 0. The highest BCUT2D eigenvalue weighted by Crippen LogP contribution is 2.60. The minimum absolute atomic E-state index is 0.493. The largest absolute Gasteiger partial charge is 0.330 e. The van der Waals surface area contributed by atoms with Crippen LogP contribution in [0.3, 0.4) is 0 Å². The molecule has 6 heteroatoms. The lowest BCUT2D eigenvalue weighted by molar-refractivity contribution is -0.867. The van der Waals surface area contributed by atoms with Gasteiger partial charge in [0.1, 0.15) is 0 Å². The van der Waals surface area contributed by atoms with Gasteiger partial charge >= 0.3 is 6.72 Å². The second-order valence-electron chi connectivity index (χ2n) is 4.58. The minimum Gasteiger partial charge on any atom is -0.330 e. The van der Waals surface area contributed by atoms with Crippen molar-refractivity contribution in [2.75, 3.05) is 54.1 Å². The summed E-state index contributed by atoms with van der Waals surface area (Å²) in [7, 11) is 9.98. The van der Waals surface area contributed by atoms with E-state index in [1.807, 2.05) is 6.92 Å². The van der Waals surface area contributed by atoms with E-state index in [4.69, 9.17) is 4.52 Å². The predicted molar refractivity (Wildman–Crippen MR) is 68.3 cm³/mol. The SMILES string of the molecule is CCO[P@](=O)(SCC[N+](C)(C)C)N(C)C. The topological polar surface area (TPSA) is 29.5 Å². The number of rotatable bonds is 7. The van der Waals surface area contributed by atoms with E-state index in [9.17, 15) is 4.57 Å². The number of hydrogen-bond donors (Lipinski definition) is 0. The zero-order chi connectivity index (χ0) is 12.1. The van der Waals surface area contributed by atoms with Crippen molar-refractivity contribution < 1.29 is 13.6 Å². The summed E-state index contributed by atoms with van der Waals surface area (Å²) in [4.78, 5) is 0. The van der Waals surface area contributed by atoms with E-state index in [2.05, 4.69) is 21.1 Å². The second-order valence-corrected chi connectivity index (χ2v) is 9.40. The van der Waals surface area contributed by atoms with Gasteiger partial charge < -0.3 is 9.01 Å². The maximum Gasteiger partial charge on any atom is 0.328 e. The third kappa shape index (κ3) is 6.59. The maximum atomic E-state index is 12.3. The van der Waals surface area contributed by atoms with Crippen molar-refractivity contribution in [1.82, 2.24) is 4.67 Å². The van der Waals surface area contributed by atoms with Gasteiger partial charge in [0, 0.05) is 0 Å². The van der Waals surface area contributed by atoms with Crippen LogP contribution in [0.4, 0.5) is 0 Å². The van der Waals surface area contributed by atoms with Gasteiger partial charge in [-0.25, -0.2) is 4.67 Å². The Morgan fingerprint density at radius 2 is 1.87 bits per heavy atom. The van der Waals surface area contributed by atoms with Crippen molar-refractivity contribution in [3.63, 3.8) is 0 Å². The standard InChI is InChI=1S/C9H24N2O2PS/c1-7-13-14(12,10(2)3)15-9-8-11(4,5)6/h7-9H2,1-6H3/q+1/t14-/m0/s1. The summed E-state index contributed by atoms with van der Waals surface area (Å²) in [5.41, 5.74) is 0. The van der Waals surface area contributed by atoms with Crippen LogP contribution in [0.2, 0.25) is 0 Å². The minimum atomic E-state index is -2.64. The Balaban J connectivity index is 4.15. The Morgan fingerprint density at radius 1 is 1.33 bits per heavy atom. The van der Waals surface area contributed by atoms with E-state index in [1.54, 1.807) is 18.8 Å². The number of quaternary nitrogens is 1. The average molecular weight is 255 g/mol. The van der Waals surface area contributed by atoms with Crippen LogP contribution in [-0.4, -0.2) is 63.3 Å². The predicted octanol–water partition coefficient (Wildman–Crippen LogP) is 2.13. The van der Waals surface area contributed by atoms with E-state index in [-0.39, 0.29) is 0 Å². The van der Waals surface area contributed by atoms with E-state index in [0.29, 0.717) is 6.61 Å². The summed E-state index contributed by atoms with van der Waals surface area (Å²) in [5.74, 6) is 0.846. The molecule has 4 nitrogen and oxygen atoms in total. The monoisotopic (exact) mass is 255 g/mol. The molecule has 0 aromatic rings. The quantitative estimate of drug-likeness (QED) is 0.515. The van der Waals surface area contributed by atoms with Crippen LogP contribution >= 0.6 is 18.1 Å². The maximum absolute atomic E-state index is 12.3. The van der Waals surface area contributed by atoms with Crippen molar-refractivity contribution in [3.8, 4) is 0 Å². The van der Waals surface area contributed by atoms with E-state index in [1.165, 1.54) is 11.4 Å². The number of hydrogen-bond acceptors (Lipinski definition) is 3. The first kappa shape index (κ1) is 15.5. The molecule has 0 aromatic carbocycles. The number of nitrogens with zero attached hydrogens (tertiary/aromatic N) is 2. The zero-order valence-electron chi connectivity index (χ0n) is 10.7. The van der Waals surface area contributed by atoms with Gasteiger partial charge in [-0.2, -0.15) is 0 Å². The van der Waals surface area contributed by atoms with Gasteiger partial charge in [0.15, 0.2) is 0 Å². The molecule has 0 spiro atoms. The molecule has 1 atom stereocenters. The van der Waals surface area contributed by atoms with Crippen LogP contribution in [0.5, 0.6) is 0 Å². The molecular formula is C9H24N2O2PS+. The molecule has 0 saturated carbocycles. The molecular weight excluding hydrogens is 231 g/mol. The smallest absolute Gasteiger partial charge is 0.328 e. The molecule has 0 radical (unpaired) electrons. The van der Waals surface area contributed by atoms with E-state index in [0.717, 1.165) is 16.8 Å². The van der Waals surface area contributed by atoms with Crippen LogP contribution < -0.4 is 0 Å². The van der Waals surface area contributed by atoms with Crippen LogP contribution in [-0.2, 0) is 9.09 Å². The van der Waals surface area contributed by atoms with E-state index >= 15 is 0 Å². The first-order chi connectivity index (χ1) is 6.71. The lowest BCUT2D eigenvalue weighted by atomic mass is 10.6. The fourth-order valence-corrected chi connectivity index (χ4v) is 4.75. The summed E-state index contributed by atoms with van der Waals surface area (Å²) in [6.45, 7) is 0.709. The molecule has 0 aliphatic carbocycles. The molecule has 0 aliphatic rings. The van der Waals surface area contributed by atoms with E-state index < -0.39 is 6.72 Å². The average Bonchev–Trinajstić information content (AvgIpc) is 2.01. The summed E-state index contributed by atoms with van der Waals surface area (Å²) in [5, 5.41) is 0. The van der Waals surface area contributed by atoms with Gasteiger partial charge in [0.2, 0.25) is 0 Å². The van der Waals surface area contributed by atoms with Crippen LogP contribution in [0.1, 0.15) is 6.92 Å². The van der Waals surface area contributed by atoms with Crippen LogP contribution in [0, 0.1) is 0 Å². The summed E-state index contributed by atoms with van der Waals surface area (Å²) >= 11 is 1.43. The molecule has 0 unspecified atom stereocenters. The van der Waals surface area contributed by atoms with Gasteiger partial charge in [-0.3, -0.25) is 4.57 Å². The van der Waals surface area contributed by atoms with Gasteiger partial charge in [0.05, 0.1) is 40.0 Å². The van der Waals surface area contributed by atoms with Crippen molar-refractivity contribution >= 4 is 18.1 Å². The second kappa shape index (κ2) is 6.26. The highest BCUT2D eigenvalue weighted by molar-refractivity contribution is 8.55. The van der Waals surface area contributed by atoms with Crippen molar-refractivity contribution in [2.45, 2.75) is 6.92 Å². The lowest BCUT2D eigenvalue weighted by Gasteiger charge is -2.26. The molecule has 15 heavy (non-hydrogen) atoms. The Bertz CT molecular complexity index is 229. The molecule has 0 amide bonds. The first-order valence-corrected chi connectivity index (χ1v) is 8.25. The molecule has 0 N–H and O–H groups in total. The van der Waals surface area contributed by atoms with Crippen LogP contribution in [0.15, 0.2) is 0 Å². The molecule has 0 heterocycles. The van der Waals surface area contributed by atoms with Crippen molar-refractivity contribution in [2.24, 2.45) is 0 Å². The van der Waals surface area contributed by atoms with Gasteiger partial charge in [-0.05, 0) is 32.4 Å². The summed E-state index contributed by atoms with van der Waals surface area (Å²) in [6, 6.07) is 0. The molecule has 0 aliphatic heterocycles. The van der Waals surface area contributed by atoms with Gasteiger partial charge in [-0.15, -0.1) is 0 Å². The Morgan fingerprint density at radius 3 is 2.20 bits per heavy atom. The molecule has 0 rings (SSSR count). The Kier molecular flexibility index (Phi) is 6.45. The third-order valence-corrected chi connectivity index (χ3v) is 6.88. The van der Waals surface area contributed by atoms with Crippen molar-refractivity contribution in [3.05, 3.63) is 0 Å². The normalized spacial score (nSPS) is 16.7. The Hall–Kier alpha value is 0.460. The molecule has 0 bridgehead atoms. The fourth-order valence-electron chi connectivity index (χ4n) is 0.861. The molecule has 0 fully saturated rings. The molecule has 0 aromatic heterocycles. The first-order valence-electron chi connectivity index (χ1n) is 5.08. The highest BCUT2D eigenvalue weighted by Gasteiger charge is 2.27. The zero-order valence-corrected chi connectivity index (χ0v) is 12.4. The Labute approximate surface area is 97.8 Å². The molecule has 92 valence electrons. The van der Waals surface area contributed by atoms with Gasteiger partial charge in [0.25, 0.3) is 0 Å². The van der Waals surface area contributed by atoms with Crippen LogP contribution in [0.25, 0.3) is 0 Å². The highest BCUT2D eigenvalue weighted by atomic mass is 32.7. The molecule has 0 saturated heterocycles. The van der Waals surface area contributed by atoms with Gasteiger partial charge in [-0.1, -0.05) is 0 Å².